The highest BCUT2D eigenvalue weighted by atomic mass is 17.0. The van der Waals surface area contributed by atoms with Gasteiger partial charge in [-0.3, -0.25) is 9.68 Å². The molecule has 80 valence electrons. The first-order valence-corrected chi connectivity index (χ1v) is 5.57. The number of hydrogen-bond donors (Lipinski definition) is 0. The molecule has 0 spiro atoms. The van der Waals surface area contributed by atoms with Crippen molar-refractivity contribution in [2.45, 2.75) is 31.4 Å². The Morgan fingerprint density at radius 3 is 2.87 bits per heavy atom. The molecule has 2 aliphatic heterocycles. The van der Waals surface area contributed by atoms with Crippen molar-refractivity contribution in [2.24, 2.45) is 0 Å². The number of benzene rings is 1. The smallest absolute Gasteiger partial charge is 0.109 e. The maximum absolute atomic E-state index is 5.76. The summed E-state index contributed by atoms with van der Waals surface area (Å²) in [6.07, 6.45) is 3.55. The van der Waals surface area contributed by atoms with Gasteiger partial charge in [0.1, 0.15) is 6.10 Å². The van der Waals surface area contributed by atoms with Crippen LogP contribution < -0.4 is 0 Å². The third-order valence-corrected chi connectivity index (χ3v) is 3.09. The lowest BCUT2D eigenvalue weighted by Gasteiger charge is -2.25. The molecule has 2 aliphatic rings. The molecule has 0 radical (unpaired) electrons. The van der Waals surface area contributed by atoms with Gasteiger partial charge in [-0.1, -0.05) is 35.6 Å². The van der Waals surface area contributed by atoms with Crippen LogP contribution >= 0.6 is 0 Å². The predicted octanol–water partition coefficient (Wildman–Crippen LogP) is 2.46. The Bertz CT molecular complexity index is 314. The second kappa shape index (κ2) is 3.93. The Morgan fingerprint density at radius 1 is 1.20 bits per heavy atom. The number of hydroxylamine groups is 2. The van der Waals surface area contributed by atoms with Crippen molar-refractivity contribution in [2.75, 3.05) is 6.61 Å². The summed E-state index contributed by atoms with van der Waals surface area (Å²) in [5.41, 5.74) is 1.25. The molecule has 0 N–H and O–H groups in total. The van der Waals surface area contributed by atoms with Gasteiger partial charge in [0.25, 0.3) is 0 Å². The highest BCUT2D eigenvalue weighted by Crippen LogP contribution is 2.36. The molecule has 0 bridgehead atoms. The molecule has 3 nitrogen and oxygen atoms in total. The molecule has 2 atom stereocenters. The lowest BCUT2D eigenvalue weighted by molar-refractivity contribution is -0.382. The van der Waals surface area contributed by atoms with Gasteiger partial charge in [-0.15, -0.1) is 0 Å². The monoisotopic (exact) mass is 205 g/mol. The first kappa shape index (κ1) is 9.33. The molecule has 2 fully saturated rings. The van der Waals surface area contributed by atoms with Crippen LogP contribution in [0.3, 0.4) is 0 Å². The third kappa shape index (κ3) is 1.78. The number of rotatable bonds is 1. The fourth-order valence-electron chi connectivity index (χ4n) is 2.28. The van der Waals surface area contributed by atoms with Gasteiger partial charge in [-0.2, -0.15) is 0 Å². The zero-order valence-electron chi connectivity index (χ0n) is 8.63. The number of nitrogens with zero attached hydrogens (tertiary/aromatic N) is 1. The molecule has 0 saturated carbocycles. The van der Waals surface area contributed by atoms with Crippen LogP contribution in [0.15, 0.2) is 30.3 Å². The van der Waals surface area contributed by atoms with Crippen molar-refractivity contribution in [3.05, 3.63) is 35.9 Å². The van der Waals surface area contributed by atoms with Gasteiger partial charge in [-0.05, 0) is 18.4 Å². The minimum atomic E-state index is 0.175. The zero-order valence-corrected chi connectivity index (χ0v) is 8.63. The second-order valence-electron chi connectivity index (χ2n) is 4.16. The molecule has 1 aromatic carbocycles. The molecule has 3 rings (SSSR count). The Hall–Kier alpha value is -0.900. The average molecular weight is 205 g/mol. The summed E-state index contributed by atoms with van der Waals surface area (Å²) >= 11 is 0. The van der Waals surface area contributed by atoms with Gasteiger partial charge < -0.3 is 0 Å². The molecule has 15 heavy (non-hydrogen) atoms. The summed E-state index contributed by atoms with van der Waals surface area (Å²) in [5.74, 6) is 0. The maximum Gasteiger partial charge on any atom is 0.109 e. The molecular weight excluding hydrogens is 190 g/mol. The van der Waals surface area contributed by atoms with Crippen molar-refractivity contribution in [3.63, 3.8) is 0 Å². The Labute approximate surface area is 89.5 Å². The molecule has 0 aromatic heterocycles. The van der Waals surface area contributed by atoms with Gasteiger partial charge in [-0.25, -0.2) is 0 Å². The maximum atomic E-state index is 5.76. The summed E-state index contributed by atoms with van der Waals surface area (Å²) < 4.78 is 0. The van der Waals surface area contributed by atoms with Crippen LogP contribution in [0.1, 0.15) is 30.9 Å². The highest BCUT2D eigenvalue weighted by Gasteiger charge is 2.36. The van der Waals surface area contributed by atoms with E-state index in [4.69, 9.17) is 9.68 Å². The first-order valence-electron chi connectivity index (χ1n) is 5.57. The van der Waals surface area contributed by atoms with E-state index >= 15 is 0 Å². The van der Waals surface area contributed by atoms with Gasteiger partial charge in [0.2, 0.25) is 0 Å². The Kier molecular flexibility index (Phi) is 2.44. The van der Waals surface area contributed by atoms with Crippen LogP contribution in [0.25, 0.3) is 0 Å². The van der Waals surface area contributed by atoms with E-state index in [1.54, 1.807) is 5.23 Å². The van der Waals surface area contributed by atoms with Crippen LogP contribution in [-0.4, -0.2) is 17.9 Å². The molecule has 1 aromatic rings. The van der Waals surface area contributed by atoms with Crippen LogP contribution in [0.5, 0.6) is 0 Å². The van der Waals surface area contributed by atoms with Gasteiger partial charge >= 0.3 is 0 Å². The van der Waals surface area contributed by atoms with Crippen LogP contribution in [0, 0.1) is 0 Å². The summed E-state index contributed by atoms with van der Waals surface area (Å²) in [5, 5.41) is 1.71. The lowest BCUT2D eigenvalue weighted by atomic mass is 10.0. The SMILES string of the molecule is c1ccc([C@@H]2C[C@@H]3CCCON3O2)cc1. The summed E-state index contributed by atoms with van der Waals surface area (Å²) in [4.78, 5) is 11.2. The van der Waals surface area contributed by atoms with Gasteiger partial charge in [0.05, 0.1) is 12.6 Å². The molecular formula is C12H15NO2. The van der Waals surface area contributed by atoms with Crippen molar-refractivity contribution >= 4 is 0 Å². The van der Waals surface area contributed by atoms with E-state index in [-0.39, 0.29) is 6.10 Å². The first-order chi connectivity index (χ1) is 7.43. The molecule has 2 saturated heterocycles. The van der Waals surface area contributed by atoms with E-state index in [9.17, 15) is 0 Å². The minimum absolute atomic E-state index is 0.175. The second-order valence-corrected chi connectivity index (χ2v) is 4.16. The molecule has 3 heteroatoms. The molecule has 0 aliphatic carbocycles. The summed E-state index contributed by atoms with van der Waals surface area (Å²) in [6, 6.07) is 10.8. The molecule has 0 unspecified atom stereocenters. The van der Waals surface area contributed by atoms with Crippen molar-refractivity contribution in [1.29, 1.82) is 0 Å². The van der Waals surface area contributed by atoms with Crippen LogP contribution in [0.4, 0.5) is 0 Å². The minimum Gasteiger partial charge on any atom is -0.274 e. The molecule has 0 amide bonds. The predicted molar refractivity (Wildman–Crippen MR) is 55.7 cm³/mol. The number of hydrogen-bond acceptors (Lipinski definition) is 3. The normalized spacial score (nSPS) is 31.5. The largest absolute Gasteiger partial charge is 0.274 e. The van der Waals surface area contributed by atoms with Crippen molar-refractivity contribution in [3.8, 4) is 0 Å². The van der Waals surface area contributed by atoms with Gasteiger partial charge in [0.15, 0.2) is 0 Å². The lowest BCUT2D eigenvalue weighted by Crippen LogP contribution is -2.33. The van der Waals surface area contributed by atoms with E-state index in [1.165, 1.54) is 12.0 Å². The topological polar surface area (TPSA) is 21.7 Å². The third-order valence-electron chi connectivity index (χ3n) is 3.09. The molecule has 2 heterocycles. The van der Waals surface area contributed by atoms with E-state index in [2.05, 4.69) is 24.3 Å². The highest BCUT2D eigenvalue weighted by molar-refractivity contribution is 5.18. The average Bonchev–Trinajstić information content (AvgIpc) is 2.74. The van der Waals surface area contributed by atoms with Crippen LogP contribution in [0.2, 0.25) is 0 Å². The van der Waals surface area contributed by atoms with Crippen molar-refractivity contribution < 1.29 is 9.68 Å². The van der Waals surface area contributed by atoms with Gasteiger partial charge in [0, 0.05) is 6.42 Å². The Morgan fingerprint density at radius 2 is 2.07 bits per heavy atom. The van der Waals surface area contributed by atoms with E-state index in [0.29, 0.717) is 6.04 Å². The zero-order chi connectivity index (χ0) is 10.1. The van der Waals surface area contributed by atoms with E-state index in [1.807, 2.05) is 6.07 Å². The summed E-state index contributed by atoms with van der Waals surface area (Å²) in [7, 11) is 0. The van der Waals surface area contributed by atoms with E-state index < -0.39 is 0 Å². The fourth-order valence-corrected chi connectivity index (χ4v) is 2.28. The number of fused-ring (bicyclic) bond motifs is 1. The fraction of sp³-hybridized carbons (Fsp3) is 0.500. The van der Waals surface area contributed by atoms with E-state index in [0.717, 1.165) is 19.4 Å². The van der Waals surface area contributed by atoms with Crippen molar-refractivity contribution in [1.82, 2.24) is 5.23 Å². The Balaban J connectivity index is 1.75. The summed E-state index contributed by atoms with van der Waals surface area (Å²) in [6.45, 7) is 0.790. The standard InChI is InChI=1S/C12H15NO2/c1-2-5-10(6-3-1)12-9-11-7-4-8-14-13(11)15-12/h1-3,5-6,11-12H,4,7-9H2/t11-,12-/m0/s1. The van der Waals surface area contributed by atoms with Crippen LogP contribution in [-0.2, 0) is 9.68 Å². The quantitative estimate of drug-likeness (QED) is 0.703.